The van der Waals surface area contributed by atoms with Gasteiger partial charge >= 0.3 is 5.97 Å². The molecule has 0 unspecified atom stereocenters. The van der Waals surface area contributed by atoms with Crippen LogP contribution in [0.5, 0.6) is 0 Å². The molecular formula is C11H9BrN2O4. The van der Waals surface area contributed by atoms with Crippen LogP contribution in [0.4, 0.5) is 5.69 Å². The van der Waals surface area contributed by atoms with Gasteiger partial charge in [0.2, 0.25) is 0 Å². The van der Waals surface area contributed by atoms with E-state index in [1.807, 2.05) is 0 Å². The van der Waals surface area contributed by atoms with Crippen LogP contribution in [0.25, 0.3) is 11.0 Å². The quantitative estimate of drug-likeness (QED) is 0.647. The maximum Gasteiger partial charge on any atom is 0.340 e. The SMILES string of the molecule is COC(=O)c1cc2oc(C(N)=O)cc2c(Br)c1N. The third-order valence-electron chi connectivity index (χ3n) is 2.45. The van der Waals surface area contributed by atoms with Crippen LogP contribution in [0.3, 0.4) is 0 Å². The second kappa shape index (κ2) is 4.34. The predicted octanol–water partition coefficient (Wildman–Crippen LogP) is 1.66. The molecule has 1 amide bonds. The number of anilines is 1. The fraction of sp³-hybridized carbons (Fsp3) is 0.0909. The molecule has 2 rings (SSSR count). The molecule has 0 fully saturated rings. The molecule has 7 heteroatoms. The van der Waals surface area contributed by atoms with E-state index < -0.39 is 11.9 Å². The van der Waals surface area contributed by atoms with E-state index in [1.165, 1.54) is 19.2 Å². The van der Waals surface area contributed by atoms with Gasteiger partial charge in [0.15, 0.2) is 5.76 Å². The number of carbonyl (C=O) groups excluding carboxylic acids is 2. The number of ether oxygens (including phenoxy) is 1. The van der Waals surface area contributed by atoms with Crippen LogP contribution in [0.1, 0.15) is 20.9 Å². The molecule has 2 aromatic rings. The van der Waals surface area contributed by atoms with Gasteiger partial charge in [-0.15, -0.1) is 0 Å². The van der Waals surface area contributed by atoms with E-state index in [1.54, 1.807) is 0 Å². The van der Waals surface area contributed by atoms with Crippen molar-refractivity contribution in [1.29, 1.82) is 0 Å². The highest BCUT2D eigenvalue weighted by Crippen LogP contribution is 2.35. The number of nitrogen functional groups attached to an aromatic ring is 1. The Labute approximate surface area is 110 Å². The lowest BCUT2D eigenvalue weighted by Crippen LogP contribution is -2.08. The van der Waals surface area contributed by atoms with Crippen LogP contribution < -0.4 is 11.5 Å². The van der Waals surface area contributed by atoms with Crippen LogP contribution in [0.2, 0.25) is 0 Å². The highest BCUT2D eigenvalue weighted by Gasteiger charge is 2.19. The monoisotopic (exact) mass is 312 g/mol. The summed E-state index contributed by atoms with van der Waals surface area (Å²) >= 11 is 3.25. The Balaban J connectivity index is 2.75. The van der Waals surface area contributed by atoms with Crippen molar-refractivity contribution in [2.45, 2.75) is 0 Å². The first-order valence-corrected chi connectivity index (χ1v) is 5.64. The minimum absolute atomic E-state index is 0.00730. The molecular weight excluding hydrogens is 304 g/mol. The Morgan fingerprint density at radius 3 is 2.61 bits per heavy atom. The molecule has 0 radical (unpaired) electrons. The molecule has 18 heavy (non-hydrogen) atoms. The van der Waals surface area contributed by atoms with Crippen molar-refractivity contribution in [3.05, 3.63) is 27.9 Å². The number of nitrogens with two attached hydrogens (primary N) is 2. The zero-order chi connectivity index (χ0) is 13.4. The summed E-state index contributed by atoms with van der Waals surface area (Å²) < 4.78 is 10.3. The van der Waals surface area contributed by atoms with Gasteiger partial charge in [-0.25, -0.2) is 4.79 Å². The fourth-order valence-electron chi connectivity index (χ4n) is 1.56. The van der Waals surface area contributed by atoms with E-state index >= 15 is 0 Å². The molecule has 1 heterocycles. The summed E-state index contributed by atoms with van der Waals surface area (Å²) in [5, 5.41) is 0.564. The summed E-state index contributed by atoms with van der Waals surface area (Å²) in [4.78, 5) is 22.5. The number of amides is 1. The van der Waals surface area contributed by atoms with Gasteiger partial charge in [-0.3, -0.25) is 4.79 Å². The van der Waals surface area contributed by atoms with Gasteiger partial charge in [0.25, 0.3) is 5.91 Å². The fourth-order valence-corrected chi connectivity index (χ4v) is 2.08. The first-order valence-electron chi connectivity index (χ1n) is 4.85. The molecule has 0 aliphatic heterocycles. The number of benzene rings is 1. The summed E-state index contributed by atoms with van der Waals surface area (Å²) in [5.41, 5.74) is 11.6. The van der Waals surface area contributed by atoms with Crippen LogP contribution in [-0.2, 0) is 4.74 Å². The zero-order valence-corrected chi connectivity index (χ0v) is 10.9. The molecule has 4 N–H and O–H groups in total. The minimum Gasteiger partial charge on any atom is -0.465 e. The average Bonchev–Trinajstić information content (AvgIpc) is 2.77. The van der Waals surface area contributed by atoms with Crippen molar-refractivity contribution in [2.75, 3.05) is 12.8 Å². The maximum atomic E-state index is 11.5. The summed E-state index contributed by atoms with van der Waals surface area (Å²) in [6.07, 6.45) is 0. The maximum absolute atomic E-state index is 11.5. The highest BCUT2D eigenvalue weighted by atomic mass is 79.9. The minimum atomic E-state index is -0.698. The van der Waals surface area contributed by atoms with Gasteiger partial charge in [0.1, 0.15) is 5.58 Å². The average molecular weight is 313 g/mol. The standard InChI is InChI=1S/C11H9BrN2O4/c1-17-11(16)5-3-6-4(8(12)9(5)13)2-7(18-6)10(14)15/h2-3H,13H2,1H3,(H2,14,15). The van der Waals surface area contributed by atoms with Gasteiger partial charge in [-0.1, -0.05) is 0 Å². The molecule has 94 valence electrons. The van der Waals surface area contributed by atoms with Gasteiger partial charge in [-0.05, 0) is 28.1 Å². The number of fused-ring (bicyclic) bond motifs is 1. The molecule has 0 aliphatic rings. The Hall–Kier alpha value is -2.02. The number of rotatable bonds is 2. The molecule has 0 spiro atoms. The smallest absolute Gasteiger partial charge is 0.340 e. The van der Waals surface area contributed by atoms with E-state index in [9.17, 15) is 9.59 Å². The number of methoxy groups -OCH3 is 1. The molecule has 0 atom stereocenters. The summed E-state index contributed by atoms with van der Waals surface area (Å²) in [6.45, 7) is 0. The third-order valence-corrected chi connectivity index (χ3v) is 3.30. The molecule has 0 aliphatic carbocycles. The second-order valence-electron chi connectivity index (χ2n) is 3.53. The zero-order valence-electron chi connectivity index (χ0n) is 9.32. The van der Waals surface area contributed by atoms with E-state index in [0.717, 1.165) is 0 Å². The van der Waals surface area contributed by atoms with Gasteiger partial charge in [0.05, 0.1) is 22.8 Å². The summed E-state index contributed by atoms with van der Waals surface area (Å²) in [6, 6.07) is 2.87. The normalized spacial score (nSPS) is 10.6. The Kier molecular flexibility index (Phi) is 3.00. The number of halogens is 1. The molecule has 1 aromatic carbocycles. The lowest BCUT2D eigenvalue weighted by atomic mass is 10.1. The highest BCUT2D eigenvalue weighted by molar-refractivity contribution is 9.10. The van der Waals surface area contributed by atoms with Crippen molar-refractivity contribution in [3.8, 4) is 0 Å². The Morgan fingerprint density at radius 2 is 2.06 bits per heavy atom. The molecule has 1 aromatic heterocycles. The number of hydrogen-bond donors (Lipinski definition) is 2. The van der Waals surface area contributed by atoms with Gasteiger partial charge < -0.3 is 20.6 Å². The molecule has 0 saturated heterocycles. The first-order chi connectivity index (χ1) is 8.45. The number of furan rings is 1. The van der Waals surface area contributed by atoms with Crippen LogP contribution in [0, 0.1) is 0 Å². The van der Waals surface area contributed by atoms with Crippen molar-refractivity contribution < 1.29 is 18.7 Å². The lowest BCUT2D eigenvalue weighted by Gasteiger charge is -2.05. The number of hydrogen-bond acceptors (Lipinski definition) is 5. The van der Waals surface area contributed by atoms with Crippen molar-refractivity contribution in [3.63, 3.8) is 0 Å². The van der Waals surface area contributed by atoms with Crippen LogP contribution in [0.15, 0.2) is 21.0 Å². The van der Waals surface area contributed by atoms with E-state index in [-0.39, 0.29) is 17.0 Å². The van der Waals surface area contributed by atoms with E-state index in [4.69, 9.17) is 15.9 Å². The van der Waals surface area contributed by atoms with Crippen LogP contribution in [-0.4, -0.2) is 19.0 Å². The van der Waals surface area contributed by atoms with Crippen molar-refractivity contribution in [1.82, 2.24) is 0 Å². The van der Waals surface area contributed by atoms with Gasteiger partial charge in [-0.2, -0.15) is 0 Å². The molecule has 6 nitrogen and oxygen atoms in total. The van der Waals surface area contributed by atoms with Crippen molar-refractivity contribution in [2.24, 2.45) is 5.73 Å². The number of esters is 1. The largest absolute Gasteiger partial charge is 0.465 e. The molecule has 0 bridgehead atoms. The number of carbonyl (C=O) groups is 2. The predicted molar refractivity (Wildman–Crippen MR) is 68.2 cm³/mol. The third kappa shape index (κ3) is 1.82. The van der Waals surface area contributed by atoms with Crippen LogP contribution >= 0.6 is 15.9 Å². The van der Waals surface area contributed by atoms with Gasteiger partial charge in [0, 0.05) is 5.39 Å². The van der Waals surface area contributed by atoms with Crippen molar-refractivity contribution >= 4 is 44.5 Å². The topological polar surface area (TPSA) is 109 Å². The van der Waals surface area contributed by atoms with E-state index in [2.05, 4.69) is 20.7 Å². The Bertz CT molecular complexity index is 663. The van der Waals surface area contributed by atoms with E-state index in [0.29, 0.717) is 15.4 Å². The number of primary amides is 1. The molecule has 0 saturated carbocycles. The first kappa shape index (κ1) is 12.4. The summed E-state index contributed by atoms with van der Waals surface area (Å²) in [7, 11) is 1.25. The lowest BCUT2D eigenvalue weighted by molar-refractivity contribution is 0.0602. The summed E-state index contributed by atoms with van der Waals surface area (Å²) in [5.74, 6) is -1.30. The second-order valence-corrected chi connectivity index (χ2v) is 4.32. The Morgan fingerprint density at radius 1 is 1.39 bits per heavy atom.